The third kappa shape index (κ3) is 2.29. The molecule has 21 heavy (non-hydrogen) atoms. The van der Waals surface area contributed by atoms with Gasteiger partial charge in [-0.15, -0.1) is 11.3 Å². The molecule has 1 N–H and O–H groups in total. The number of nitrogens with one attached hydrogen (secondary N) is 1. The maximum absolute atomic E-state index is 4.73. The first kappa shape index (κ1) is 14.0. The molecule has 3 heterocycles. The van der Waals surface area contributed by atoms with Gasteiger partial charge in [-0.25, -0.2) is 15.0 Å². The van der Waals surface area contributed by atoms with Crippen molar-refractivity contribution in [1.29, 1.82) is 0 Å². The number of aromatic nitrogens is 4. The van der Waals surface area contributed by atoms with Gasteiger partial charge in [-0.05, 0) is 33.3 Å². The van der Waals surface area contributed by atoms with Crippen molar-refractivity contribution in [3.63, 3.8) is 0 Å². The summed E-state index contributed by atoms with van der Waals surface area (Å²) in [6.07, 6.45) is 1.85. The van der Waals surface area contributed by atoms with Crippen LogP contribution in [0.1, 0.15) is 27.7 Å². The lowest BCUT2D eigenvalue weighted by Crippen LogP contribution is -2.07. The first-order chi connectivity index (χ1) is 10.0. The van der Waals surface area contributed by atoms with Gasteiger partial charge < -0.3 is 9.88 Å². The lowest BCUT2D eigenvalue weighted by atomic mass is 10.2. The lowest BCUT2D eigenvalue weighted by molar-refractivity contribution is 0.728. The average molecular weight is 301 g/mol. The predicted octanol–water partition coefficient (Wildman–Crippen LogP) is 3.21. The van der Waals surface area contributed by atoms with Crippen LogP contribution >= 0.6 is 11.3 Å². The van der Waals surface area contributed by atoms with E-state index in [-0.39, 0.29) is 0 Å². The summed E-state index contributed by atoms with van der Waals surface area (Å²) in [4.78, 5) is 16.1. The van der Waals surface area contributed by atoms with Crippen molar-refractivity contribution in [3.8, 4) is 0 Å². The minimum Gasteiger partial charge on any atom is -0.372 e. The Labute approximate surface area is 128 Å². The second-order valence-corrected chi connectivity index (χ2v) is 6.45. The first-order valence-electron chi connectivity index (χ1n) is 6.94. The number of nitrogens with zero attached hydrogens (tertiary/aromatic N) is 4. The smallest absolute Gasteiger partial charge is 0.152 e. The second-order valence-electron chi connectivity index (χ2n) is 5.25. The fraction of sp³-hybridized carbons (Fsp3) is 0.400. The van der Waals surface area contributed by atoms with Gasteiger partial charge >= 0.3 is 0 Å². The first-order valence-corrected chi connectivity index (χ1v) is 7.75. The highest BCUT2D eigenvalue weighted by atomic mass is 32.1. The van der Waals surface area contributed by atoms with E-state index in [0.29, 0.717) is 6.54 Å². The second kappa shape index (κ2) is 5.11. The van der Waals surface area contributed by atoms with E-state index in [4.69, 9.17) is 4.98 Å². The number of thiophene rings is 1. The number of rotatable bonds is 3. The summed E-state index contributed by atoms with van der Waals surface area (Å²) in [5, 5.41) is 4.34. The molecule has 3 aromatic rings. The van der Waals surface area contributed by atoms with Crippen molar-refractivity contribution in [1.82, 2.24) is 19.5 Å². The molecule has 0 unspecified atom stereocenters. The van der Waals surface area contributed by atoms with Gasteiger partial charge in [0.1, 0.15) is 10.6 Å². The molecule has 0 bridgehead atoms. The van der Waals surface area contributed by atoms with E-state index in [9.17, 15) is 0 Å². The van der Waals surface area contributed by atoms with Crippen LogP contribution in [0, 0.1) is 27.7 Å². The van der Waals surface area contributed by atoms with E-state index < -0.39 is 0 Å². The Kier molecular flexibility index (Phi) is 3.41. The monoisotopic (exact) mass is 301 g/mol. The van der Waals surface area contributed by atoms with Crippen LogP contribution in [-0.4, -0.2) is 26.6 Å². The Bertz CT molecular complexity index is 815. The summed E-state index contributed by atoms with van der Waals surface area (Å²) in [5.41, 5.74) is 3.47. The van der Waals surface area contributed by atoms with Crippen molar-refractivity contribution in [2.45, 2.75) is 34.2 Å². The molecule has 6 heteroatoms. The normalized spacial score (nSPS) is 11.3. The van der Waals surface area contributed by atoms with Gasteiger partial charge in [-0.3, -0.25) is 0 Å². The molecule has 0 atom stereocenters. The maximum atomic E-state index is 4.73. The van der Waals surface area contributed by atoms with E-state index in [1.165, 1.54) is 10.4 Å². The molecule has 3 rings (SSSR count). The van der Waals surface area contributed by atoms with Gasteiger partial charge in [-0.2, -0.15) is 0 Å². The molecule has 0 saturated carbocycles. The third-order valence-electron chi connectivity index (χ3n) is 3.97. The molecule has 3 aromatic heterocycles. The highest BCUT2D eigenvalue weighted by Crippen LogP contribution is 2.33. The van der Waals surface area contributed by atoms with Gasteiger partial charge in [0.05, 0.1) is 24.0 Å². The van der Waals surface area contributed by atoms with Crippen molar-refractivity contribution >= 4 is 27.4 Å². The summed E-state index contributed by atoms with van der Waals surface area (Å²) in [6, 6.07) is 0. The summed E-state index contributed by atoms with van der Waals surface area (Å²) in [5.74, 6) is 1.72. The van der Waals surface area contributed by atoms with Gasteiger partial charge in [-0.1, -0.05) is 0 Å². The van der Waals surface area contributed by atoms with Crippen LogP contribution in [-0.2, 0) is 6.54 Å². The number of hydrogen-bond donors (Lipinski definition) is 1. The van der Waals surface area contributed by atoms with E-state index in [1.54, 1.807) is 11.3 Å². The zero-order valence-electron chi connectivity index (χ0n) is 13.0. The highest BCUT2D eigenvalue weighted by Gasteiger charge is 2.14. The highest BCUT2D eigenvalue weighted by molar-refractivity contribution is 7.18. The van der Waals surface area contributed by atoms with Crippen molar-refractivity contribution in [2.24, 2.45) is 0 Å². The predicted molar refractivity (Wildman–Crippen MR) is 87.2 cm³/mol. The molecule has 0 spiro atoms. The summed E-state index contributed by atoms with van der Waals surface area (Å²) in [7, 11) is 1.91. The van der Waals surface area contributed by atoms with Gasteiger partial charge in [0.2, 0.25) is 0 Å². The zero-order chi connectivity index (χ0) is 15.1. The molecule has 5 nitrogen and oxygen atoms in total. The molecule has 0 aromatic carbocycles. The Balaban J connectivity index is 2.09. The topological polar surface area (TPSA) is 55.6 Å². The van der Waals surface area contributed by atoms with E-state index in [1.807, 2.05) is 20.3 Å². The summed E-state index contributed by atoms with van der Waals surface area (Å²) < 4.78 is 2.09. The molecular weight excluding hydrogens is 282 g/mol. The maximum Gasteiger partial charge on any atom is 0.152 e. The van der Waals surface area contributed by atoms with Crippen molar-refractivity contribution < 1.29 is 0 Å². The minimum atomic E-state index is 0.646. The number of hydrogen-bond acceptors (Lipinski definition) is 5. The van der Waals surface area contributed by atoms with Gasteiger partial charge in [0.15, 0.2) is 5.82 Å². The molecule has 0 saturated heterocycles. The molecule has 0 fully saturated rings. The van der Waals surface area contributed by atoms with Crippen LogP contribution in [0.5, 0.6) is 0 Å². The van der Waals surface area contributed by atoms with Crippen LogP contribution in [0.4, 0.5) is 5.82 Å². The van der Waals surface area contributed by atoms with Crippen LogP contribution in [0.15, 0.2) is 6.33 Å². The van der Waals surface area contributed by atoms with Crippen LogP contribution in [0.2, 0.25) is 0 Å². The molecule has 110 valence electrons. The van der Waals surface area contributed by atoms with E-state index >= 15 is 0 Å². The minimum absolute atomic E-state index is 0.646. The van der Waals surface area contributed by atoms with E-state index in [2.05, 4.69) is 40.6 Å². The Morgan fingerprint density at radius 3 is 2.57 bits per heavy atom. The van der Waals surface area contributed by atoms with Crippen molar-refractivity contribution in [3.05, 3.63) is 34.0 Å². The number of fused-ring (bicyclic) bond motifs is 1. The molecule has 0 amide bonds. The molecule has 0 radical (unpaired) electrons. The largest absolute Gasteiger partial charge is 0.372 e. The zero-order valence-corrected chi connectivity index (χ0v) is 13.8. The number of imidazole rings is 1. The quantitative estimate of drug-likeness (QED) is 0.807. The molecular formula is C15H19N5S. The van der Waals surface area contributed by atoms with Gasteiger partial charge in [0, 0.05) is 17.6 Å². The number of anilines is 1. The summed E-state index contributed by atoms with van der Waals surface area (Å²) in [6.45, 7) is 8.99. The fourth-order valence-corrected chi connectivity index (χ4v) is 3.45. The molecule has 0 aliphatic rings. The summed E-state index contributed by atoms with van der Waals surface area (Å²) >= 11 is 1.73. The third-order valence-corrected chi connectivity index (χ3v) is 5.07. The standard InChI is InChI=1S/C15H19N5S/c1-8-11(4)21-15-13(8)14(16-5)18-12(19-15)6-20-7-17-9(2)10(20)3/h7H,6H2,1-5H3,(H,16,18,19). The Hall–Kier alpha value is -1.95. The van der Waals surface area contributed by atoms with E-state index in [0.717, 1.165) is 33.2 Å². The molecule has 0 aliphatic heterocycles. The average Bonchev–Trinajstić information content (AvgIpc) is 2.92. The lowest BCUT2D eigenvalue weighted by Gasteiger charge is -2.08. The number of aryl methyl sites for hydroxylation is 3. The van der Waals surface area contributed by atoms with Crippen LogP contribution < -0.4 is 5.32 Å². The fourth-order valence-electron chi connectivity index (χ4n) is 2.40. The van der Waals surface area contributed by atoms with Crippen LogP contribution in [0.25, 0.3) is 10.2 Å². The van der Waals surface area contributed by atoms with Gasteiger partial charge in [0.25, 0.3) is 0 Å². The Morgan fingerprint density at radius 1 is 1.19 bits per heavy atom. The Morgan fingerprint density at radius 2 is 1.95 bits per heavy atom. The van der Waals surface area contributed by atoms with Crippen molar-refractivity contribution in [2.75, 3.05) is 12.4 Å². The molecule has 0 aliphatic carbocycles. The van der Waals surface area contributed by atoms with Crippen LogP contribution in [0.3, 0.4) is 0 Å². The SMILES string of the molecule is CNc1nc(Cn2cnc(C)c2C)nc2sc(C)c(C)c12.